The molecule has 1 amide bonds. The number of carbonyl (C=O) groups is 3. The number of methoxy groups -OCH3 is 1. The third-order valence-electron chi connectivity index (χ3n) is 5.63. The van der Waals surface area contributed by atoms with Crippen molar-refractivity contribution in [2.24, 2.45) is 16.2 Å². The zero-order valence-electron chi connectivity index (χ0n) is 13.1. The van der Waals surface area contributed by atoms with Crippen molar-refractivity contribution in [2.45, 2.75) is 40.0 Å². The number of ether oxygens (including phenoxy) is 2. The molecule has 2 atom stereocenters. The van der Waals surface area contributed by atoms with Crippen LogP contribution in [0.5, 0.6) is 0 Å². The quantitative estimate of drug-likeness (QED) is 0.466. The highest BCUT2D eigenvalue weighted by Crippen LogP contribution is 2.66. The molecule has 0 aromatic rings. The molecule has 0 aromatic carbocycles. The van der Waals surface area contributed by atoms with E-state index in [4.69, 9.17) is 9.47 Å². The summed E-state index contributed by atoms with van der Waals surface area (Å²) in [6.07, 6.45) is 1.50. The first-order valence-electron chi connectivity index (χ1n) is 7.28. The van der Waals surface area contributed by atoms with Gasteiger partial charge < -0.3 is 14.8 Å². The molecule has 1 saturated heterocycles. The molecule has 1 heterocycles. The number of rotatable bonds is 5. The number of cyclic esters (lactones) is 2. The Labute approximate surface area is 124 Å². The first kappa shape index (κ1) is 15.9. The zero-order valence-corrected chi connectivity index (χ0v) is 13.1. The minimum Gasteiger partial charge on any atom is -0.392 e. The molecule has 0 aromatic heterocycles. The summed E-state index contributed by atoms with van der Waals surface area (Å²) in [4.78, 5) is 37.1. The van der Waals surface area contributed by atoms with E-state index in [0.717, 1.165) is 0 Å². The summed E-state index contributed by atoms with van der Waals surface area (Å²) in [5.41, 5.74) is -2.84. The number of hydrogen-bond donors (Lipinski definition) is 1. The molecule has 2 fully saturated rings. The Morgan fingerprint density at radius 1 is 1.24 bits per heavy atom. The summed E-state index contributed by atoms with van der Waals surface area (Å²) in [7, 11) is 1.59. The Bertz CT molecular complexity index is 486. The van der Waals surface area contributed by atoms with Crippen LogP contribution in [0.15, 0.2) is 0 Å². The second-order valence-electron chi connectivity index (χ2n) is 6.64. The summed E-state index contributed by atoms with van der Waals surface area (Å²) < 4.78 is 9.83. The highest BCUT2D eigenvalue weighted by molar-refractivity contribution is 6.11. The summed E-state index contributed by atoms with van der Waals surface area (Å²) >= 11 is 0. The maximum atomic E-state index is 12.7. The van der Waals surface area contributed by atoms with Crippen molar-refractivity contribution >= 4 is 17.8 Å². The normalized spacial score (nSPS) is 33.7. The van der Waals surface area contributed by atoms with Crippen LogP contribution in [0.2, 0.25) is 0 Å². The third-order valence-corrected chi connectivity index (χ3v) is 5.63. The molecule has 2 bridgehead atoms. The van der Waals surface area contributed by atoms with Gasteiger partial charge in [-0.05, 0) is 26.2 Å². The lowest BCUT2D eigenvalue weighted by molar-refractivity contribution is -0.196. The van der Waals surface area contributed by atoms with Gasteiger partial charge in [0.05, 0.1) is 5.41 Å². The first-order chi connectivity index (χ1) is 9.74. The summed E-state index contributed by atoms with van der Waals surface area (Å²) in [5, 5.41) is 2.79. The molecule has 0 spiro atoms. The standard InChI is InChI=1S/C15H23NO5/c1-13(2)14(3)6-7-15(13,12(19)21-11(14)18)10(17)16-8-5-9-20-4/h5-9H2,1-4H3,(H,16,17). The molecule has 0 radical (unpaired) electrons. The Hall–Kier alpha value is -1.43. The molecule has 118 valence electrons. The minimum atomic E-state index is -1.28. The van der Waals surface area contributed by atoms with Gasteiger partial charge in [0.25, 0.3) is 0 Å². The monoisotopic (exact) mass is 297 g/mol. The molecule has 6 nitrogen and oxygen atoms in total. The van der Waals surface area contributed by atoms with Crippen LogP contribution in [0.25, 0.3) is 0 Å². The van der Waals surface area contributed by atoms with Crippen molar-refractivity contribution in [3.8, 4) is 0 Å². The van der Waals surface area contributed by atoms with E-state index >= 15 is 0 Å². The van der Waals surface area contributed by atoms with E-state index in [1.807, 2.05) is 13.8 Å². The van der Waals surface area contributed by atoms with E-state index < -0.39 is 28.2 Å². The van der Waals surface area contributed by atoms with Crippen LogP contribution in [-0.2, 0) is 23.9 Å². The van der Waals surface area contributed by atoms with Crippen LogP contribution in [0, 0.1) is 16.2 Å². The first-order valence-corrected chi connectivity index (χ1v) is 7.28. The lowest BCUT2D eigenvalue weighted by Gasteiger charge is -2.48. The lowest BCUT2D eigenvalue weighted by Crippen LogP contribution is -2.62. The number of hydrogen-bond acceptors (Lipinski definition) is 5. The van der Waals surface area contributed by atoms with Crippen LogP contribution in [0.4, 0.5) is 0 Å². The molecular weight excluding hydrogens is 274 g/mol. The molecule has 1 aliphatic heterocycles. The topological polar surface area (TPSA) is 81.7 Å². The van der Waals surface area contributed by atoms with E-state index in [-0.39, 0.29) is 5.91 Å². The fourth-order valence-electron chi connectivity index (χ4n) is 3.59. The molecule has 1 saturated carbocycles. The maximum absolute atomic E-state index is 12.7. The van der Waals surface area contributed by atoms with Gasteiger partial charge in [-0.1, -0.05) is 13.8 Å². The molecule has 1 aliphatic carbocycles. The number of nitrogens with one attached hydrogen (secondary N) is 1. The van der Waals surface area contributed by atoms with Crippen molar-refractivity contribution in [2.75, 3.05) is 20.3 Å². The molecule has 2 rings (SSSR count). The van der Waals surface area contributed by atoms with Gasteiger partial charge in [-0.15, -0.1) is 0 Å². The van der Waals surface area contributed by atoms with Crippen LogP contribution in [0.3, 0.4) is 0 Å². The van der Waals surface area contributed by atoms with E-state index in [1.54, 1.807) is 14.0 Å². The molecule has 2 aliphatic rings. The van der Waals surface area contributed by atoms with Crippen molar-refractivity contribution in [1.82, 2.24) is 5.32 Å². The van der Waals surface area contributed by atoms with E-state index in [2.05, 4.69) is 5.32 Å². The number of amides is 1. The number of esters is 2. The third kappa shape index (κ3) is 1.92. The van der Waals surface area contributed by atoms with Crippen LogP contribution in [-0.4, -0.2) is 38.1 Å². The van der Waals surface area contributed by atoms with Crippen molar-refractivity contribution in [3.05, 3.63) is 0 Å². The molecule has 1 N–H and O–H groups in total. The van der Waals surface area contributed by atoms with E-state index in [9.17, 15) is 14.4 Å². The summed E-state index contributed by atoms with van der Waals surface area (Å²) in [6, 6.07) is 0. The van der Waals surface area contributed by atoms with Gasteiger partial charge in [-0.25, -0.2) is 0 Å². The van der Waals surface area contributed by atoms with Crippen molar-refractivity contribution in [3.63, 3.8) is 0 Å². The predicted octanol–water partition coefficient (Wildman–Crippen LogP) is 1.04. The fraction of sp³-hybridized carbons (Fsp3) is 0.800. The van der Waals surface area contributed by atoms with Gasteiger partial charge in [0.15, 0.2) is 5.41 Å². The smallest absolute Gasteiger partial charge is 0.329 e. The second-order valence-corrected chi connectivity index (χ2v) is 6.64. The summed E-state index contributed by atoms with van der Waals surface area (Å²) in [5.74, 6) is -1.57. The van der Waals surface area contributed by atoms with Crippen LogP contribution < -0.4 is 5.32 Å². The maximum Gasteiger partial charge on any atom is 0.329 e. The van der Waals surface area contributed by atoms with Crippen LogP contribution >= 0.6 is 0 Å². The van der Waals surface area contributed by atoms with Gasteiger partial charge in [-0.3, -0.25) is 14.4 Å². The average molecular weight is 297 g/mol. The highest BCUT2D eigenvalue weighted by Gasteiger charge is 2.75. The number of carbonyl (C=O) groups excluding carboxylic acids is 3. The fourth-order valence-corrected chi connectivity index (χ4v) is 3.59. The molecular formula is C15H23NO5. The molecule has 21 heavy (non-hydrogen) atoms. The van der Waals surface area contributed by atoms with Crippen molar-refractivity contribution in [1.29, 1.82) is 0 Å². The number of fused-ring (bicyclic) bond motifs is 2. The van der Waals surface area contributed by atoms with Gasteiger partial charge in [0.2, 0.25) is 5.91 Å². The summed E-state index contributed by atoms with van der Waals surface area (Å²) in [6.45, 7) is 6.38. The van der Waals surface area contributed by atoms with Crippen LogP contribution in [0.1, 0.15) is 40.0 Å². The van der Waals surface area contributed by atoms with Gasteiger partial charge >= 0.3 is 11.9 Å². The average Bonchev–Trinajstić information content (AvgIpc) is 2.56. The Morgan fingerprint density at radius 3 is 2.52 bits per heavy atom. The largest absolute Gasteiger partial charge is 0.392 e. The zero-order chi connectivity index (χ0) is 15.9. The second kappa shape index (κ2) is 5.09. The predicted molar refractivity (Wildman–Crippen MR) is 74.2 cm³/mol. The van der Waals surface area contributed by atoms with Gasteiger partial charge in [-0.2, -0.15) is 0 Å². The van der Waals surface area contributed by atoms with E-state index in [0.29, 0.717) is 32.4 Å². The highest BCUT2D eigenvalue weighted by atomic mass is 16.6. The molecule has 6 heteroatoms. The molecule has 2 unspecified atom stereocenters. The lowest BCUT2D eigenvalue weighted by atomic mass is 9.57. The Morgan fingerprint density at radius 2 is 1.90 bits per heavy atom. The van der Waals surface area contributed by atoms with Gasteiger partial charge in [0, 0.05) is 25.7 Å². The van der Waals surface area contributed by atoms with E-state index in [1.165, 1.54) is 0 Å². The Balaban J connectivity index is 2.25. The Kier molecular flexibility index (Phi) is 3.86. The van der Waals surface area contributed by atoms with Crippen molar-refractivity contribution < 1.29 is 23.9 Å². The van der Waals surface area contributed by atoms with Gasteiger partial charge in [0.1, 0.15) is 0 Å². The SMILES string of the molecule is COCCCNC(=O)C12CCC(C)(C(=O)OC1=O)C2(C)C. The minimum absolute atomic E-state index is 0.343.